The van der Waals surface area contributed by atoms with Gasteiger partial charge in [0.15, 0.2) is 6.20 Å². The van der Waals surface area contributed by atoms with Gasteiger partial charge in [-0.15, -0.1) is 0 Å². The van der Waals surface area contributed by atoms with Crippen molar-refractivity contribution in [2.24, 2.45) is 7.05 Å². The highest BCUT2D eigenvalue weighted by atomic mass is 15.0. The van der Waals surface area contributed by atoms with Gasteiger partial charge in [0, 0.05) is 12.3 Å². The smallest absolute Gasteiger partial charge is 0.274 e. The van der Waals surface area contributed by atoms with Crippen LogP contribution in [0.25, 0.3) is 15.9 Å². The maximum Gasteiger partial charge on any atom is 0.274 e. The maximum absolute atomic E-state index is 6.93. The van der Waals surface area contributed by atoms with Crippen LogP contribution < -0.4 is 4.57 Å². The number of H-pyrrole nitrogens is 1. The van der Waals surface area contributed by atoms with Crippen molar-refractivity contribution >= 4 is 16.7 Å². The number of rotatable bonds is 0. The van der Waals surface area contributed by atoms with Gasteiger partial charge in [0.2, 0.25) is 5.52 Å². The molecule has 1 N–H and O–H groups in total. The lowest BCUT2D eigenvalue weighted by atomic mass is 10.3. The predicted molar refractivity (Wildman–Crippen MR) is 45.7 cm³/mol. The van der Waals surface area contributed by atoms with E-state index in [1.807, 2.05) is 29.9 Å². The molecular weight excluding hydrogens is 150 g/mol. The number of fused-ring (bicyclic) bond motifs is 1. The molecule has 2 heterocycles. The molecule has 0 aliphatic carbocycles. The Hall–Kier alpha value is -1.82. The highest BCUT2D eigenvalue weighted by molar-refractivity contribution is 5.86. The Labute approximate surface area is 70.1 Å². The van der Waals surface area contributed by atoms with E-state index in [1.54, 1.807) is 6.20 Å². The zero-order chi connectivity index (χ0) is 8.55. The zero-order valence-electron chi connectivity index (χ0n) is 6.70. The van der Waals surface area contributed by atoms with Crippen molar-refractivity contribution in [1.29, 1.82) is 0 Å². The van der Waals surface area contributed by atoms with E-state index in [1.165, 1.54) is 0 Å². The summed E-state index contributed by atoms with van der Waals surface area (Å²) in [6.07, 6.45) is 3.67. The highest BCUT2D eigenvalue weighted by Crippen LogP contribution is 2.21. The minimum Gasteiger partial charge on any atom is -0.367 e. The maximum atomic E-state index is 6.93. The van der Waals surface area contributed by atoms with Gasteiger partial charge in [-0.05, 0) is 6.07 Å². The molecule has 0 spiro atoms. The van der Waals surface area contributed by atoms with E-state index in [4.69, 9.17) is 6.57 Å². The minimum atomic E-state index is 0.674. The summed E-state index contributed by atoms with van der Waals surface area (Å²) >= 11 is 0. The summed E-state index contributed by atoms with van der Waals surface area (Å²) in [5.41, 5.74) is 2.65. The van der Waals surface area contributed by atoms with Crippen LogP contribution in [0.5, 0.6) is 0 Å². The quantitative estimate of drug-likeness (QED) is 0.444. The van der Waals surface area contributed by atoms with Crippen LogP contribution in [-0.2, 0) is 7.05 Å². The number of hydrogen-bond donors (Lipinski definition) is 1. The van der Waals surface area contributed by atoms with E-state index in [0.717, 1.165) is 11.0 Å². The van der Waals surface area contributed by atoms with Crippen molar-refractivity contribution in [1.82, 2.24) is 4.98 Å². The average Bonchev–Trinajstić information content (AvgIpc) is 2.49. The van der Waals surface area contributed by atoms with E-state index in [0.29, 0.717) is 5.69 Å². The molecule has 2 aromatic heterocycles. The molecule has 0 amide bonds. The van der Waals surface area contributed by atoms with Gasteiger partial charge in [0.05, 0.1) is 12.1 Å². The highest BCUT2D eigenvalue weighted by Gasteiger charge is 2.11. The summed E-state index contributed by atoms with van der Waals surface area (Å²) in [5, 5.41) is 0. The molecule has 0 atom stereocenters. The van der Waals surface area contributed by atoms with Crippen LogP contribution in [0.1, 0.15) is 0 Å². The van der Waals surface area contributed by atoms with Crippen molar-refractivity contribution in [3.8, 4) is 0 Å². The number of pyridine rings is 1. The minimum absolute atomic E-state index is 0.674. The fourth-order valence-corrected chi connectivity index (χ4v) is 1.35. The van der Waals surface area contributed by atoms with E-state index < -0.39 is 0 Å². The molecule has 2 aromatic rings. The average molecular weight is 158 g/mol. The molecule has 0 radical (unpaired) electrons. The molecule has 2 rings (SSSR count). The number of nitrogens with one attached hydrogen (secondary N) is 1. The molecule has 0 aliphatic heterocycles. The third kappa shape index (κ3) is 0.785. The molecule has 0 aliphatic rings. The lowest BCUT2D eigenvalue weighted by molar-refractivity contribution is -0.644. The largest absolute Gasteiger partial charge is 0.367 e. The van der Waals surface area contributed by atoms with Crippen LogP contribution >= 0.6 is 0 Å². The first-order valence-corrected chi connectivity index (χ1v) is 3.66. The topological polar surface area (TPSA) is 24.0 Å². The Morgan fingerprint density at radius 1 is 1.58 bits per heavy atom. The van der Waals surface area contributed by atoms with E-state index >= 15 is 0 Å². The zero-order valence-corrected chi connectivity index (χ0v) is 6.70. The number of hydrogen-bond acceptors (Lipinski definition) is 0. The van der Waals surface area contributed by atoms with Crippen molar-refractivity contribution in [3.63, 3.8) is 0 Å². The number of aryl methyl sites for hydroxylation is 1. The molecule has 0 bridgehead atoms. The van der Waals surface area contributed by atoms with Gasteiger partial charge >= 0.3 is 0 Å². The fraction of sp³-hybridized carbons (Fsp3) is 0.111. The first kappa shape index (κ1) is 6.86. The Morgan fingerprint density at radius 3 is 3.17 bits per heavy atom. The van der Waals surface area contributed by atoms with Crippen molar-refractivity contribution in [2.45, 2.75) is 0 Å². The fourth-order valence-electron chi connectivity index (χ4n) is 1.35. The van der Waals surface area contributed by atoms with E-state index in [2.05, 4.69) is 9.83 Å². The van der Waals surface area contributed by atoms with Crippen LogP contribution in [0.2, 0.25) is 0 Å². The van der Waals surface area contributed by atoms with Gasteiger partial charge in [0.1, 0.15) is 7.05 Å². The second-order valence-electron chi connectivity index (χ2n) is 2.67. The summed E-state index contributed by atoms with van der Waals surface area (Å²) in [5.74, 6) is 0. The molecule has 58 valence electrons. The molecule has 3 heteroatoms. The molecule has 3 nitrogen and oxygen atoms in total. The first-order chi connectivity index (χ1) is 5.83. The van der Waals surface area contributed by atoms with Crippen LogP contribution in [0.3, 0.4) is 0 Å². The Balaban J connectivity index is 2.95. The van der Waals surface area contributed by atoms with Crippen LogP contribution in [0, 0.1) is 6.57 Å². The molecule has 0 saturated carbocycles. The van der Waals surface area contributed by atoms with Gasteiger partial charge in [-0.1, -0.05) is 0 Å². The predicted octanol–water partition coefficient (Wildman–Crippen LogP) is 1.54. The number of aromatic amines is 1. The Kier molecular flexibility index (Phi) is 1.34. The lowest BCUT2D eigenvalue weighted by Gasteiger charge is -1.88. The van der Waals surface area contributed by atoms with Gasteiger partial charge in [-0.25, -0.2) is 9.41 Å². The molecular formula is C9H8N3+. The third-order valence-electron chi connectivity index (χ3n) is 1.91. The Morgan fingerprint density at radius 2 is 2.42 bits per heavy atom. The van der Waals surface area contributed by atoms with Crippen LogP contribution in [0.4, 0.5) is 5.69 Å². The van der Waals surface area contributed by atoms with Crippen LogP contribution in [-0.4, -0.2) is 4.98 Å². The molecule has 0 fully saturated rings. The molecule has 12 heavy (non-hydrogen) atoms. The van der Waals surface area contributed by atoms with Gasteiger partial charge in [0.25, 0.3) is 5.69 Å². The molecule has 0 aromatic carbocycles. The van der Waals surface area contributed by atoms with Gasteiger partial charge in [-0.3, -0.25) is 0 Å². The SMILES string of the molecule is [C-]#[N+]c1c[nH]c2ccc[n+](C)c12. The van der Waals surface area contributed by atoms with E-state index in [-0.39, 0.29) is 0 Å². The first-order valence-electron chi connectivity index (χ1n) is 3.66. The standard InChI is InChI=1S/C9H7N3/c1-10-8-6-11-7-4-3-5-12(2)9(7)8/h3-6H,2H3/p+1. The Bertz CT molecular complexity index is 462. The van der Waals surface area contributed by atoms with Crippen LogP contribution in [0.15, 0.2) is 24.5 Å². The van der Waals surface area contributed by atoms with Gasteiger partial charge < -0.3 is 4.98 Å². The number of aromatic nitrogens is 2. The monoisotopic (exact) mass is 158 g/mol. The summed E-state index contributed by atoms with van der Waals surface area (Å²) in [4.78, 5) is 6.46. The van der Waals surface area contributed by atoms with Crippen molar-refractivity contribution in [3.05, 3.63) is 35.9 Å². The number of nitrogens with zero attached hydrogens (tertiary/aromatic N) is 2. The third-order valence-corrected chi connectivity index (χ3v) is 1.91. The summed E-state index contributed by atoms with van der Waals surface area (Å²) in [6, 6.07) is 3.91. The van der Waals surface area contributed by atoms with Crippen molar-refractivity contribution in [2.75, 3.05) is 0 Å². The molecule has 0 unspecified atom stereocenters. The van der Waals surface area contributed by atoms with Crippen molar-refractivity contribution < 1.29 is 4.57 Å². The van der Waals surface area contributed by atoms with E-state index in [9.17, 15) is 0 Å². The van der Waals surface area contributed by atoms with Gasteiger partial charge in [-0.2, -0.15) is 0 Å². The second-order valence-corrected chi connectivity index (χ2v) is 2.67. The summed E-state index contributed by atoms with van der Waals surface area (Å²) < 4.78 is 1.94. The summed E-state index contributed by atoms with van der Waals surface area (Å²) in [6.45, 7) is 6.93. The summed E-state index contributed by atoms with van der Waals surface area (Å²) in [7, 11) is 1.94. The lowest BCUT2D eigenvalue weighted by Crippen LogP contribution is -2.27. The second kappa shape index (κ2) is 2.35. The normalized spacial score (nSPS) is 10.0. The molecule has 0 saturated heterocycles.